The summed E-state index contributed by atoms with van der Waals surface area (Å²) in [6, 6.07) is 11.1. The Bertz CT molecular complexity index is 905. The average molecular weight is 438 g/mol. The molecule has 2 amide bonds. The Hall–Kier alpha value is -2.87. The normalized spacial score (nSPS) is 13.9. The van der Waals surface area contributed by atoms with E-state index in [4.69, 9.17) is 11.6 Å². The van der Waals surface area contributed by atoms with Gasteiger partial charge in [-0.3, -0.25) is 9.59 Å². The van der Waals surface area contributed by atoms with Crippen molar-refractivity contribution >= 4 is 34.8 Å². The highest BCUT2D eigenvalue weighted by Gasteiger charge is 2.20. The largest absolute Gasteiger partial charge is 0.433 e. The fourth-order valence-corrected chi connectivity index (χ4v) is 3.53. The number of amides is 2. The minimum absolute atomic E-state index is 0.00497. The van der Waals surface area contributed by atoms with Crippen LogP contribution >= 0.6 is 11.6 Å². The molecule has 1 aliphatic rings. The highest BCUT2D eigenvalue weighted by Crippen LogP contribution is 2.29. The highest BCUT2D eigenvalue weighted by atomic mass is 35.5. The maximum absolute atomic E-state index is 12.6. The van der Waals surface area contributed by atoms with Gasteiger partial charge in [-0.25, -0.2) is 0 Å². The van der Waals surface area contributed by atoms with Crippen LogP contribution in [0.15, 0.2) is 42.5 Å². The van der Waals surface area contributed by atoms with Gasteiger partial charge in [0.15, 0.2) is 0 Å². The van der Waals surface area contributed by atoms with Crippen molar-refractivity contribution in [2.45, 2.75) is 38.3 Å². The van der Waals surface area contributed by atoms with Crippen LogP contribution in [-0.4, -0.2) is 31.0 Å². The molecule has 0 aromatic heterocycles. The van der Waals surface area contributed by atoms with Crippen molar-refractivity contribution in [1.29, 1.82) is 0 Å². The summed E-state index contributed by atoms with van der Waals surface area (Å²) in [6.45, 7) is -3.08. The van der Waals surface area contributed by atoms with E-state index in [-0.39, 0.29) is 35.2 Å². The third kappa shape index (κ3) is 6.06. The van der Waals surface area contributed by atoms with Gasteiger partial charge >= 0.3 is 6.61 Å². The molecule has 0 spiro atoms. The Kier molecular flexibility index (Phi) is 7.46. The van der Waals surface area contributed by atoms with Crippen molar-refractivity contribution in [1.82, 2.24) is 5.32 Å². The van der Waals surface area contributed by atoms with E-state index in [0.717, 1.165) is 25.7 Å². The van der Waals surface area contributed by atoms with Crippen molar-refractivity contribution in [3.8, 4) is 5.75 Å². The van der Waals surface area contributed by atoms with E-state index in [1.165, 1.54) is 18.2 Å². The number of hydrogen-bond donors (Lipinski definition) is 3. The number of benzene rings is 2. The molecule has 160 valence electrons. The lowest BCUT2D eigenvalue weighted by molar-refractivity contribution is -0.114. The van der Waals surface area contributed by atoms with E-state index < -0.39 is 6.61 Å². The van der Waals surface area contributed by atoms with E-state index in [0.29, 0.717) is 16.9 Å². The van der Waals surface area contributed by atoms with Crippen LogP contribution in [0.4, 0.5) is 20.2 Å². The van der Waals surface area contributed by atoms with Crippen molar-refractivity contribution in [2.75, 3.05) is 17.2 Å². The fraction of sp³-hybridized carbons (Fsp3) is 0.333. The Morgan fingerprint density at radius 3 is 2.57 bits per heavy atom. The molecule has 0 unspecified atom stereocenters. The smallest absolute Gasteiger partial charge is 0.387 e. The van der Waals surface area contributed by atoms with Crippen LogP contribution in [0.5, 0.6) is 5.75 Å². The quantitative estimate of drug-likeness (QED) is 0.561. The minimum Gasteiger partial charge on any atom is -0.433 e. The molecule has 0 atom stereocenters. The number of hydrogen-bond acceptors (Lipinski definition) is 4. The molecule has 30 heavy (non-hydrogen) atoms. The lowest BCUT2D eigenvalue weighted by Gasteiger charge is -2.15. The molecule has 0 aliphatic heterocycles. The van der Waals surface area contributed by atoms with E-state index in [1.807, 2.05) is 0 Å². The van der Waals surface area contributed by atoms with E-state index in [2.05, 4.69) is 20.7 Å². The molecule has 0 saturated heterocycles. The Labute approximate surface area is 177 Å². The molecule has 3 N–H and O–H groups in total. The van der Waals surface area contributed by atoms with Crippen molar-refractivity contribution in [3.05, 3.63) is 53.1 Å². The van der Waals surface area contributed by atoms with Gasteiger partial charge < -0.3 is 20.7 Å². The second-order valence-electron chi connectivity index (χ2n) is 6.93. The number of alkyl halides is 2. The third-order valence-corrected chi connectivity index (χ3v) is 5.03. The van der Waals surface area contributed by atoms with Crippen LogP contribution in [0.1, 0.15) is 36.0 Å². The fourth-order valence-electron chi connectivity index (χ4n) is 3.30. The summed E-state index contributed by atoms with van der Waals surface area (Å²) in [5.74, 6) is -0.740. The summed E-state index contributed by atoms with van der Waals surface area (Å²) in [6.07, 6.45) is 4.14. The molecule has 6 nitrogen and oxygen atoms in total. The average Bonchev–Trinajstić information content (AvgIpc) is 3.21. The molecule has 1 aliphatic carbocycles. The van der Waals surface area contributed by atoms with Gasteiger partial charge in [-0.2, -0.15) is 8.78 Å². The van der Waals surface area contributed by atoms with Crippen LogP contribution in [0.2, 0.25) is 5.02 Å². The minimum atomic E-state index is -2.97. The van der Waals surface area contributed by atoms with Crippen LogP contribution < -0.4 is 20.7 Å². The lowest BCUT2D eigenvalue weighted by Crippen LogP contribution is -2.33. The SMILES string of the molecule is O=C(CNc1ccc(OC(F)F)c(Cl)c1)Nc1ccccc1C(=O)NC1CCCC1. The van der Waals surface area contributed by atoms with E-state index >= 15 is 0 Å². The van der Waals surface area contributed by atoms with Crippen LogP contribution in [0.3, 0.4) is 0 Å². The van der Waals surface area contributed by atoms with Crippen LogP contribution in [0, 0.1) is 0 Å². The van der Waals surface area contributed by atoms with Gasteiger partial charge in [0.1, 0.15) is 5.75 Å². The first-order valence-electron chi connectivity index (χ1n) is 9.60. The van der Waals surface area contributed by atoms with Crippen molar-refractivity contribution < 1.29 is 23.1 Å². The third-order valence-electron chi connectivity index (χ3n) is 4.74. The van der Waals surface area contributed by atoms with Gasteiger partial charge in [-0.1, -0.05) is 36.6 Å². The molecule has 0 radical (unpaired) electrons. The zero-order valence-electron chi connectivity index (χ0n) is 16.1. The number of para-hydroxylation sites is 1. The molecule has 1 fully saturated rings. The Morgan fingerprint density at radius 1 is 1.13 bits per heavy atom. The predicted molar refractivity (Wildman–Crippen MR) is 111 cm³/mol. The monoisotopic (exact) mass is 437 g/mol. The number of nitrogens with one attached hydrogen (secondary N) is 3. The van der Waals surface area contributed by atoms with Crippen molar-refractivity contribution in [3.63, 3.8) is 0 Å². The second kappa shape index (κ2) is 10.2. The van der Waals surface area contributed by atoms with E-state index in [1.54, 1.807) is 24.3 Å². The zero-order chi connectivity index (χ0) is 21.5. The maximum Gasteiger partial charge on any atom is 0.387 e. The molecule has 0 bridgehead atoms. The summed E-state index contributed by atoms with van der Waals surface area (Å²) in [5, 5.41) is 8.57. The number of anilines is 2. The number of ether oxygens (including phenoxy) is 1. The summed E-state index contributed by atoms with van der Waals surface area (Å²) >= 11 is 5.90. The molecule has 0 heterocycles. The molecular formula is C21H22ClF2N3O3. The van der Waals surface area contributed by atoms with Crippen LogP contribution in [-0.2, 0) is 4.79 Å². The molecule has 1 saturated carbocycles. The summed E-state index contributed by atoms with van der Waals surface area (Å²) < 4.78 is 28.9. The maximum atomic E-state index is 12.6. The standard InChI is InChI=1S/C21H22ClF2N3O3/c22-16-11-14(9-10-18(16)30-21(23)24)25-12-19(28)27-17-8-4-3-7-15(17)20(29)26-13-5-1-2-6-13/h3-4,7-11,13,21,25H,1-2,5-6,12H2,(H,26,29)(H,27,28). The molecule has 2 aromatic carbocycles. The van der Waals surface area contributed by atoms with E-state index in [9.17, 15) is 18.4 Å². The highest BCUT2D eigenvalue weighted by molar-refractivity contribution is 6.32. The van der Waals surface area contributed by atoms with Gasteiger partial charge in [0.2, 0.25) is 5.91 Å². The van der Waals surface area contributed by atoms with Gasteiger partial charge in [0, 0.05) is 11.7 Å². The summed E-state index contributed by atoms with van der Waals surface area (Å²) in [7, 11) is 0. The number of carbonyl (C=O) groups is 2. The second-order valence-corrected chi connectivity index (χ2v) is 7.33. The van der Waals surface area contributed by atoms with Crippen LogP contribution in [0.25, 0.3) is 0 Å². The first-order valence-corrected chi connectivity index (χ1v) is 9.98. The van der Waals surface area contributed by atoms with Gasteiger partial charge in [-0.15, -0.1) is 0 Å². The molecular weight excluding hydrogens is 416 g/mol. The van der Waals surface area contributed by atoms with Gasteiger partial charge in [0.05, 0.1) is 22.8 Å². The predicted octanol–water partition coefficient (Wildman–Crippen LogP) is 4.66. The first-order chi connectivity index (χ1) is 14.4. The first kappa shape index (κ1) is 21.8. The number of rotatable bonds is 8. The number of halogens is 3. The van der Waals surface area contributed by atoms with Gasteiger partial charge in [-0.05, 0) is 43.2 Å². The summed E-state index contributed by atoms with van der Waals surface area (Å²) in [5.41, 5.74) is 1.27. The van der Waals surface area contributed by atoms with Crippen molar-refractivity contribution in [2.24, 2.45) is 0 Å². The zero-order valence-corrected chi connectivity index (χ0v) is 16.8. The Morgan fingerprint density at radius 2 is 1.87 bits per heavy atom. The molecule has 2 aromatic rings. The lowest BCUT2D eigenvalue weighted by atomic mass is 10.1. The molecule has 9 heteroatoms. The topological polar surface area (TPSA) is 79.5 Å². The number of carbonyl (C=O) groups excluding carboxylic acids is 2. The molecule has 3 rings (SSSR count). The Balaban J connectivity index is 1.57. The van der Waals surface area contributed by atoms with Gasteiger partial charge in [0.25, 0.3) is 5.91 Å². The summed E-state index contributed by atoms with van der Waals surface area (Å²) in [4.78, 5) is 24.9.